The fourth-order valence-electron chi connectivity index (χ4n) is 2.03. The molecular weight excluding hydrogens is 342 g/mol. The lowest BCUT2D eigenvalue weighted by Gasteiger charge is -2.10. The molecule has 0 radical (unpaired) electrons. The van der Waals surface area contributed by atoms with Crippen molar-refractivity contribution in [3.63, 3.8) is 0 Å². The van der Waals surface area contributed by atoms with Gasteiger partial charge in [0.1, 0.15) is 25.5 Å². The van der Waals surface area contributed by atoms with Crippen LogP contribution in [0.25, 0.3) is 0 Å². The number of carbonyl (C=O) groups is 1. The molecule has 0 aliphatic carbocycles. The number of sulfonamides is 1. The molecule has 25 heavy (non-hydrogen) atoms. The zero-order valence-corrected chi connectivity index (χ0v) is 15.0. The SMILES string of the molecule is Cc1ccc(S(=O)(=O)NCC(=O)OCCOc2ccccc2C)cc1. The summed E-state index contributed by atoms with van der Waals surface area (Å²) in [6, 6.07) is 13.9. The molecule has 0 atom stereocenters. The van der Waals surface area contributed by atoms with Gasteiger partial charge >= 0.3 is 5.97 Å². The van der Waals surface area contributed by atoms with Crippen LogP contribution in [0.2, 0.25) is 0 Å². The fourth-order valence-corrected chi connectivity index (χ4v) is 3.00. The normalized spacial score (nSPS) is 11.1. The molecule has 7 heteroatoms. The number of benzene rings is 2. The number of hydrogen-bond acceptors (Lipinski definition) is 5. The van der Waals surface area contributed by atoms with E-state index in [-0.39, 0.29) is 18.1 Å². The minimum absolute atomic E-state index is 0.0411. The molecule has 0 spiro atoms. The third kappa shape index (κ3) is 5.88. The third-order valence-corrected chi connectivity index (χ3v) is 4.85. The van der Waals surface area contributed by atoms with Crippen LogP contribution in [-0.4, -0.2) is 34.1 Å². The lowest BCUT2D eigenvalue weighted by molar-refractivity contribution is -0.142. The van der Waals surface area contributed by atoms with Crippen molar-refractivity contribution in [2.45, 2.75) is 18.7 Å². The van der Waals surface area contributed by atoms with Crippen molar-refractivity contribution in [2.75, 3.05) is 19.8 Å². The molecule has 2 aromatic rings. The first kappa shape index (κ1) is 19.0. The van der Waals surface area contributed by atoms with Crippen molar-refractivity contribution in [3.8, 4) is 5.75 Å². The second kappa shape index (κ2) is 8.64. The summed E-state index contributed by atoms with van der Waals surface area (Å²) in [5.41, 5.74) is 1.94. The van der Waals surface area contributed by atoms with Crippen LogP contribution < -0.4 is 9.46 Å². The Morgan fingerprint density at radius 3 is 2.36 bits per heavy atom. The van der Waals surface area contributed by atoms with E-state index in [1.54, 1.807) is 12.1 Å². The van der Waals surface area contributed by atoms with Gasteiger partial charge in [-0.2, -0.15) is 4.72 Å². The van der Waals surface area contributed by atoms with E-state index in [1.165, 1.54) is 12.1 Å². The minimum Gasteiger partial charge on any atom is -0.490 e. The van der Waals surface area contributed by atoms with Gasteiger partial charge in [0.25, 0.3) is 0 Å². The maximum atomic E-state index is 12.1. The van der Waals surface area contributed by atoms with Crippen LogP contribution in [0.1, 0.15) is 11.1 Å². The highest BCUT2D eigenvalue weighted by Crippen LogP contribution is 2.15. The monoisotopic (exact) mass is 363 g/mol. The Bertz CT molecular complexity index is 816. The molecular formula is C18H21NO5S. The lowest BCUT2D eigenvalue weighted by Crippen LogP contribution is -2.31. The topological polar surface area (TPSA) is 81.7 Å². The summed E-state index contributed by atoms with van der Waals surface area (Å²) >= 11 is 0. The van der Waals surface area contributed by atoms with Crippen LogP contribution >= 0.6 is 0 Å². The summed E-state index contributed by atoms with van der Waals surface area (Å²) in [5, 5.41) is 0. The largest absolute Gasteiger partial charge is 0.490 e. The van der Waals surface area contributed by atoms with Crippen molar-refractivity contribution < 1.29 is 22.7 Å². The smallest absolute Gasteiger partial charge is 0.321 e. The number of rotatable bonds is 8. The quantitative estimate of drug-likeness (QED) is 0.574. The van der Waals surface area contributed by atoms with Crippen LogP contribution in [-0.2, 0) is 19.6 Å². The number of aryl methyl sites for hydroxylation is 2. The molecule has 0 fully saturated rings. The predicted molar refractivity (Wildman–Crippen MR) is 94.0 cm³/mol. The summed E-state index contributed by atoms with van der Waals surface area (Å²) < 4.78 is 36.8. The van der Waals surface area contributed by atoms with E-state index in [1.807, 2.05) is 38.1 Å². The molecule has 0 amide bonds. The number of esters is 1. The van der Waals surface area contributed by atoms with E-state index in [4.69, 9.17) is 9.47 Å². The lowest BCUT2D eigenvalue weighted by atomic mass is 10.2. The summed E-state index contributed by atoms with van der Waals surface area (Å²) in [4.78, 5) is 11.8. The predicted octanol–water partition coefficient (Wildman–Crippen LogP) is 2.20. The Morgan fingerprint density at radius 2 is 1.68 bits per heavy atom. The van der Waals surface area contributed by atoms with Crippen LogP contribution in [0.5, 0.6) is 5.75 Å². The van der Waals surface area contributed by atoms with E-state index >= 15 is 0 Å². The second-order valence-electron chi connectivity index (χ2n) is 5.47. The van der Waals surface area contributed by atoms with Gasteiger partial charge in [0.2, 0.25) is 10.0 Å². The Labute approximate surface area is 147 Å². The highest BCUT2D eigenvalue weighted by Gasteiger charge is 2.15. The molecule has 0 aliphatic heterocycles. The van der Waals surface area contributed by atoms with Crippen LogP contribution in [0.4, 0.5) is 0 Å². The van der Waals surface area contributed by atoms with Crippen LogP contribution in [0, 0.1) is 13.8 Å². The van der Waals surface area contributed by atoms with Gasteiger partial charge in [-0.1, -0.05) is 35.9 Å². The molecule has 0 unspecified atom stereocenters. The molecule has 0 saturated carbocycles. The zero-order valence-electron chi connectivity index (χ0n) is 14.2. The van der Waals surface area contributed by atoms with Gasteiger partial charge in [0, 0.05) is 0 Å². The molecule has 6 nitrogen and oxygen atoms in total. The van der Waals surface area contributed by atoms with Gasteiger partial charge < -0.3 is 9.47 Å². The Kier molecular flexibility index (Phi) is 6.55. The molecule has 0 saturated heterocycles. The zero-order chi connectivity index (χ0) is 18.3. The molecule has 2 rings (SSSR count). The first-order valence-corrected chi connectivity index (χ1v) is 9.27. The molecule has 0 bridgehead atoms. The summed E-state index contributed by atoms with van der Waals surface area (Å²) in [6.07, 6.45) is 0. The fraction of sp³-hybridized carbons (Fsp3) is 0.278. The van der Waals surface area contributed by atoms with Gasteiger partial charge in [-0.3, -0.25) is 4.79 Å². The van der Waals surface area contributed by atoms with Gasteiger partial charge in [0.05, 0.1) is 4.90 Å². The summed E-state index contributed by atoms with van der Waals surface area (Å²) in [5.74, 6) is 0.0580. The Balaban J connectivity index is 1.73. The van der Waals surface area contributed by atoms with E-state index < -0.39 is 22.5 Å². The van der Waals surface area contributed by atoms with Crippen molar-refractivity contribution in [2.24, 2.45) is 0 Å². The molecule has 2 aromatic carbocycles. The second-order valence-corrected chi connectivity index (χ2v) is 7.24. The molecule has 0 aromatic heterocycles. The maximum Gasteiger partial charge on any atom is 0.321 e. The van der Waals surface area contributed by atoms with Crippen molar-refractivity contribution in [1.29, 1.82) is 0 Å². The Hall–Kier alpha value is -2.38. The number of nitrogens with one attached hydrogen (secondary N) is 1. The van der Waals surface area contributed by atoms with Gasteiger partial charge in [0.15, 0.2) is 0 Å². The molecule has 0 aliphatic rings. The standard InChI is InChI=1S/C18H21NO5S/c1-14-7-9-16(10-8-14)25(21,22)19-13-18(20)24-12-11-23-17-6-4-3-5-15(17)2/h3-10,19H,11-13H2,1-2H3. The van der Waals surface area contributed by atoms with Gasteiger partial charge in [-0.05, 0) is 37.6 Å². The Morgan fingerprint density at radius 1 is 1.00 bits per heavy atom. The van der Waals surface area contributed by atoms with Gasteiger partial charge in [-0.25, -0.2) is 8.42 Å². The van der Waals surface area contributed by atoms with Crippen LogP contribution in [0.15, 0.2) is 53.4 Å². The number of hydrogen-bond donors (Lipinski definition) is 1. The number of carbonyl (C=O) groups excluding carboxylic acids is 1. The third-order valence-electron chi connectivity index (χ3n) is 3.44. The average Bonchev–Trinajstić information content (AvgIpc) is 2.59. The van der Waals surface area contributed by atoms with Crippen molar-refractivity contribution in [1.82, 2.24) is 4.72 Å². The average molecular weight is 363 g/mol. The molecule has 0 heterocycles. The highest BCUT2D eigenvalue weighted by atomic mass is 32.2. The van der Waals surface area contributed by atoms with E-state index in [0.717, 1.165) is 16.9 Å². The summed E-state index contributed by atoms with van der Waals surface area (Å²) in [7, 11) is -3.73. The molecule has 1 N–H and O–H groups in total. The maximum absolute atomic E-state index is 12.1. The summed E-state index contributed by atoms with van der Waals surface area (Å²) in [6.45, 7) is 3.59. The molecule has 134 valence electrons. The van der Waals surface area contributed by atoms with Gasteiger partial charge in [-0.15, -0.1) is 0 Å². The first-order valence-electron chi connectivity index (χ1n) is 7.79. The van der Waals surface area contributed by atoms with E-state index in [9.17, 15) is 13.2 Å². The number of ether oxygens (including phenoxy) is 2. The van der Waals surface area contributed by atoms with Crippen LogP contribution in [0.3, 0.4) is 0 Å². The van der Waals surface area contributed by atoms with E-state index in [0.29, 0.717) is 0 Å². The van der Waals surface area contributed by atoms with E-state index in [2.05, 4.69) is 4.72 Å². The van der Waals surface area contributed by atoms with Crippen molar-refractivity contribution >= 4 is 16.0 Å². The number of para-hydroxylation sites is 1. The first-order chi connectivity index (χ1) is 11.9. The highest BCUT2D eigenvalue weighted by molar-refractivity contribution is 7.89. The van der Waals surface area contributed by atoms with Crippen molar-refractivity contribution in [3.05, 3.63) is 59.7 Å². The minimum atomic E-state index is -3.73.